The lowest BCUT2D eigenvalue weighted by Crippen LogP contribution is -2.44. The number of sulfonamides is 1. The molecule has 0 atom stereocenters. The number of aryl methyl sites for hydroxylation is 1. The zero-order chi connectivity index (χ0) is 27.1. The number of hydrogen-bond donors (Lipinski definition) is 2. The third-order valence-electron chi connectivity index (χ3n) is 6.91. The molecule has 1 fully saturated rings. The number of hydrogen-bond acceptors (Lipinski definition) is 7. The van der Waals surface area contributed by atoms with Gasteiger partial charge in [0.05, 0.1) is 10.4 Å². The van der Waals surface area contributed by atoms with Gasteiger partial charge in [0.25, 0.3) is 0 Å². The minimum Gasteiger partial charge on any atom is -0.369 e. The van der Waals surface area contributed by atoms with Crippen molar-refractivity contribution >= 4 is 44.1 Å². The average Bonchev–Trinajstić information content (AvgIpc) is 3.27. The molecule has 4 aromatic rings. The molecule has 2 aromatic carbocycles. The van der Waals surface area contributed by atoms with Crippen molar-refractivity contribution in [2.24, 2.45) is 0 Å². The van der Waals surface area contributed by atoms with Crippen LogP contribution in [0.4, 0.5) is 23.0 Å². The highest BCUT2D eigenvalue weighted by molar-refractivity contribution is 7.94. The monoisotopic (exact) mass is 533 g/mol. The van der Waals surface area contributed by atoms with Gasteiger partial charge in [0.2, 0.25) is 16.0 Å². The van der Waals surface area contributed by atoms with Crippen LogP contribution >= 0.6 is 0 Å². The van der Waals surface area contributed by atoms with E-state index in [2.05, 4.69) is 57.0 Å². The zero-order valence-electron chi connectivity index (χ0n) is 22.6. The van der Waals surface area contributed by atoms with Gasteiger partial charge in [-0.1, -0.05) is 6.07 Å². The van der Waals surface area contributed by atoms with Crippen molar-refractivity contribution in [1.82, 2.24) is 19.4 Å². The lowest BCUT2D eigenvalue weighted by molar-refractivity contribution is 0.312. The second-order valence-corrected chi connectivity index (χ2v) is 13.3. The number of nitrogens with one attached hydrogen (secondary N) is 2. The van der Waals surface area contributed by atoms with E-state index in [1.807, 2.05) is 29.0 Å². The molecule has 0 unspecified atom stereocenters. The average molecular weight is 534 g/mol. The fourth-order valence-corrected chi connectivity index (χ4v) is 5.22. The van der Waals surface area contributed by atoms with Crippen LogP contribution in [0.25, 0.3) is 16.7 Å². The Morgan fingerprint density at radius 2 is 1.71 bits per heavy atom. The molecule has 1 aliphatic rings. The first kappa shape index (κ1) is 26.0. The van der Waals surface area contributed by atoms with Gasteiger partial charge in [0, 0.05) is 61.0 Å². The maximum Gasteiger partial charge on any atom is 0.237 e. The minimum absolute atomic E-state index is 0.494. The molecule has 10 heteroatoms. The van der Waals surface area contributed by atoms with E-state index in [-0.39, 0.29) is 0 Å². The van der Waals surface area contributed by atoms with E-state index in [0.717, 1.165) is 48.6 Å². The number of nitrogens with zero attached hydrogens (tertiary/aromatic N) is 5. The predicted octanol–water partition coefficient (Wildman–Crippen LogP) is 4.76. The van der Waals surface area contributed by atoms with Gasteiger partial charge in [0.15, 0.2) is 0 Å². The Labute approximate surface area is 224 Å². The highest BCUT2D eigenvalue weighted by atomic mass is 32.2. The van der Waals surface area contributed by atoms with Crippen molar-refractivity contribution in [3.05, 3.63) is 66.5 Å². The summed E-state index contributed by atoms with van der Waals surface area (Å²) in [6.45, 7) is 11.3. The largest absolute Gasteiger partial charge is 0.369 e. The second-order valence-electron chi connectivity index (χ2n) is 10.8. The summed E-state index contributed by atoms with van der Waals surface area (Å²) < 4.78 is 29.0. The van der Waals surface area contributed by atoms with E-state index in [9.17, 15) is 8.42 Å². The highest BCUT2D eigenvalue weighted by Crippen LogP contribution is 2.28. The number of likely N-dealkylation sites (N-methyl/N-ethyl adjacent to an activating group) is 1. The Balaban J connectivity index is 1.39. The summed E-state index contributed by atoms with van der Waals surface area (Å²) in [6, 6.07) is 15.6. The molecule has 0 amide bonds. The quantitative estimate of drug-likeness (QED) is 0.369. The van der Waals surface area contributed by atoms with Crippen molar-refractivity contribution < 1.29 is 8.42 Å². The van der Waals surface area contributed by atoms with Crippen molar-refractivity contribution in [1.29, 1.82) is 0 Å². The normalized spacial score (nSPS) is 15.1. The summed E-state index contributed by atoms with van der Waals surface area (Å²) in [5.74, 6) is 0.494. The van der Waals surface area contributed by atoms with Gasteiger partial charge in [-0.2, -0.15) is 4.98 Å². The van der Waals surface area contributed by atoms with Crippen LogP contribution in [0.2, 0.25) is 0 Å². The smallest absolute Gasteiger partial charge is 0.237 e. The van der Waals surface area contributed by atoms with Gasteiger partial charge in [-0.3, -0.25) is 4.72 Å². The molecule has 2 aromatic heterocycles. The molecule has 0 radical (unpaired) electrons. The van der Waals surface area contributed by atoms with Crippen LogP contribution in [-0.4, -0.2) is 65.8 Å². The molecule has 9 nitrogen and oxygen atoms in total. The van der Waals surface area contributed by atoms with Crippen molar-refractivity contribution in [2.45, 2.75) is 32.4 Å². The van der Waals surface area contributed by atoms with Gasteiger partial charge in [-0.05, 0) is 82.8 Å². The number of rotatable bonds is 6. The van der Waals surface area contributed by atoms with Crippen LogP contribution in [0.1, 0.15) is 26.3 Å². The topological polar surface area (TPSA) is 95.4 Å². The molecule has 0 bridgehead atoms. The standard InChI is InChI=1S/C28H35N7O2S/c1-20-17-22(9-10-25(20)34-15-13-33(5)14-16-34)30-27-29-19-21-11-12-35(26(21)31-27)24-8-6-7-23(18-24)32-38(36,37)28(2,3)4/h6-12,17-19,32H,13-16H2,1-5H3,(H,29,30,31). The summed E-state index contributed by atoms with van der Waals surface area (Å²) in [5, 5.41) is 4.23. The van der Waals surface area contributed by atoms with E-state index in [1.54, 1.807) is 39.1 Å². The third-order valence-corrected chi connectivity index (χ3v) is 9.02. The van der Waals surface area contributed by atoms with Crippen molar-refractivity contribution in [3.63, 3.8) is 0 Å². The Morgan fingerprint density at radius 1 is 0.947 bits per heavy atom. The third kappa shape index (κ3) is 5.32. The molecule has 38 heavy (non-hydrogen) atoms. The molecule has 5 rings (SSSR count). The maximum atomic E-state index is 12.6. The summed E-state index contributed by atoms with van der Waals surface area (Å²) in [6.07, 6.45) is 3.70. The molecule has 1 saturated heterocycles. The molecule has 0 saturated carbocycles. The molecule has 3 heterocycles. The number of aromatic nitrogens is 3. The first-order valence-corrected chi connectivity index (χ1v) is 14.3. The first-order valence-electron chi connectivity index (χ1n) is 12.8. The SMILES string of the molecule is Cc1cc(Nc2ncc3ccn(-c4cccc(NS(=O)(=O)C(C)(C)C)c4)c3n2)ccc1N1CCN(C)CC1. The molecule has 0 aliphatic carbocycles. The van der Waals surface area contributed by atoms with Gasteiger partial charge >= 0.3 is 0 Å². The van der Waals surface area contributed by atoms with Gasteiger partial charge in [-0.25, -0.2) is 13.4 Å². The Hall–Kier alpha value is -3.63. The van der Waals surface area contributed by atoms with Gasteiger partial charge in [0.1, 0.15) is 5.65 Å². The van der Waals surface area contributed by atoms with E-state index in [4.69, 9.17) is 4.98 Å². The number of anilines is 4. The molecule has 0 spiro atoms. The molecular formula is C28H35N7O2S. The molecular weight excluding hydrogens is 498 g/mol. The summed E-state index contributed by atoms with van der Waals surface area (Å²) in [4.78, 5) is 14.1. The van der Waals surface area contributed by atoms with Crippen LogP contribution in [0.3, 0.4) is 0 Å². The fourth-order valence-electron chi connectivity index (χ4n) is 4.48. The summed E-state index contributed by atoms with van der Waals surface area (Å²) >= 11 is 0. The summed E-state index contributed by atoms with van der Waals surface area (Å²) in [7, 11) is -1.37. The first-order chi connectivity index (χ1) is 18.0. The predicted molar refractivity (Wildman–Crippen MR) is 155 cm³/mol. The summed E-state index contributed by atoms with van der Waals surface area (Å²) in [5.41, 5.74) is 5.42. The maximum absolute atomic E-state index is 12.6. The molecule has 200 valence electrons. The van der Waals surface area contributed by atoms with Gasteiger partial charge in [-0.15, -0.1) is 0 Å². The second kappa shape index (κ2) is 9.92. The van der Waals surface area contributed by atoms with E-state index >= 15 is 0 Å². The van der Waals surface area contributed by atoms with E-state index in [1.165, 1.54) is 11.3 Å². The minimum atomic E-state index is -3.54. The molecule has 1 aliphatic heterocycles. The Bertz CT molecular complexity index is 1570. The van der Waals surface area contributed by atoms with Crippen LogP contribution in [0, 0.1) is 6.92 Å². The number of benzene rings is 2. The number of piperazine rings is 1. The van der Waals surface area contributed by atoms with E-state index < -0.39 is 14.8 Å². The van der Waals surface area contributed by atoms with Crippen LogP contribution in [-0.2, 0) is 10.0 Å². The van der Waals surface area contributed by atoms with Crippen LogP contribution < -0.4 is 14.9 Å². The van der Waals surface area contributed by atoms with Crippen LogP contribution in [0.5, 0.6) is 0 Å². The van der Waals surface area contributed by atoms with Gasteiger partial charge < -0.3 is 19.7 Å². The van der Waals surface area contributed by atoms with Crippen molar-refractivity contribution in [2.75, 3.05) is 48.2 Å². The number of fused-ring (bicyclic) bond motifs is 1. The Kier molecular flexibility index (Phi) is 6.79. The molecule has 2 N–H and O–H groups in total. The highest BCUT2D eigenvalue weighted by Gasteiger charge is 2.29. The zero-order valence-corrected chi connectivity index (χ0v) is 23.4. The fraction of sp³-hybridized carbons (Fsp3) is 0.357. The van der Waals surface area contributed by atoms with E-state index in [0.29, 0.717) is 11.6 Å². The van der Waals surface area contributed by atoms with Crippen LogP contribution in [0.15, 0.2) is 60.9 Å². The lowest BCUT2D eigenvalue weighted by Gasteiger charge is -2.35. The lowest BCUT2D eigenvalue weighted by atomic mass is 10.1. The Morgan fingerprint density at radius 3 is 2.42 bits per heavy atom. The van der Waals surface area contributed by atoms with Crippen molar-refractivity contribution in [3.8, 4) is 5.69 Å².